The van der Waals surface area contributed by atoms with Gasteiger partial charge in [0.25, 0.3) is 0 Å². The summed E-state index contributed by atoms with van der Waals surface area (Å²) in [5, 5.41) is 10.1. The van der Waals surface area contributed by atoms with Crippen molar-refractivity contribution in [2.24, 2.45) is 35.5 Å². The van der Waals surface area contributed by atoms with Crippen LogP contribution in [0.4, 0.5) is 0 Å². The average molecular weight is 1480 g/mol. The highest BCUT2D eigenvalue weighted by Crippen LogP contribution is 2.62. The molecule has 8 aliphatic rings. The molecule has 1 N–H and O–H groups in total. The Labute approximate surface area is 640 Å². The summed E-state index contributed by atoms with van der Waals surface area (Å²) in [5.41, 5.74) is 17.6. The maximum Gasteiger partial charge on any atom is 0.163 e. The van der Waals surface area contributed by atoms with Crippen LogP contribution in [0.5, 0.6) is 0 Å². The van der Waals surface area contributed by atoms with Crippen LogP contribution in [0.25, 0.3) is 150 Å². The smallest absolute Gasteiger partial charge is 0.163 e. The standard InChI is InChI=1S/C49H39N5.C25H24BrN3.C24H16N2/c1-3-11-34(12-4-1)46-50-47(52-48(51-46)49-28-31-25-32(29-49)27-33(26-31)30-49)35-19-21-37(22-20-35)54-41-17-9-7-15-38(41)39-23-24-43-44(45(39)54)40-16-8-10-18-42(40)53(43)36-13-5-2-6-14-36;26-21-8-6-20(7-9-21)23-27-22(19-4-2-1-3-5-19)28-24(29-23)25-13-16-10-17(14-25)12-18(11-16)15-25;1-2-8-16(9-3-1)26-21-13-7-5-11-19(21)23-22(26)15-14-18-17-10-4-6-12-20(17)25-24(18)23/h1-24,31-33H,25-30H2;1-9,16-18H,10-15H2;1-15,25H. The van der Waals surface area contributed by atoms with Crippen molar-refractivity contribution in [3.8, 4) is 62.6 Å². The van der Waals surface area contributed by atoms with Crippen molar-refractivity contribution in [1.82, 2.24) is 48.6 Å². The van der Waals surface area contributed by atoms with Crippen molar-refractivity contribution in [1.29, 1.82) is 0 Å². The van der Waals surface area contributed by atoms with Gasteiger partial charge in [-0.3, -0.25) is 0 Å². The average Bonchev–Trinajstić information content (AvgIpc) is 1.68. The lowest BCUT2D eigenvalue weighted by atomic mass is 9.49. The normalized spacial score (nSPS) is 21.6. The van der Waals surface area contributed by atoms with Gasteiger partial charge in [0.15, 0.2) is 23.3 Å². The first-order chi connectivity index (χ1) is 53.8. The zero-order chi connectivity index (χ0) is 71.9. The van der Waals surface area contributed by atoms with Gasteiger partial charge in [0.05, 0.1) is 38.6 Å². The van der Waals surface area contributed by atoms with Crippen molar-refractivity contribution in [2.75, 3.05) is 0 Å². The van der Waals surface area contributed by atoms with Gasteiger partial charge in [-0.1, -0.05) is 210 Å². The monoisotopic (exact) mass is 1470 g/mol. The first-order valence-corrected chi connectivity index (χ1v) is 40.1. The van der Waals surface area contributed by atoms with E-state index in [0.29, 0.717) is 0 Å². The fourth-order valence-corrected chi connectivity index (χ4v) is 22.2. The molecule has 8 fully saturated rings. The Bertz CT molecular complexity index is 6490. The first-order valence-electron chi connectivity index (χ1n) is 39.3. The molecule has 0 radical (unpaired) electrons. The van der Waals surface area contributed by atoms with E-state index in [0.717, 1.165) is 109 Å². The number of hydrogen-bond donors (Lipinski definition) is 1. The SMILES string of the molecule is Brc1ccc(-c2nc(-c3ccccc3)nc(C34CC5CC(CC(C5)C3)C4)n2)cc1.c1ccc(-c2nc(-c3ccc(-n4c5ccccc5c5ccc6c(c7ccccc7n6-c6ccccc6)c54)cc3)nc(C34CC5CC(CC(C5)C3)C4)n2)cc1.c1ccc(-n2c3ccccc3c3c4[nH]c5ccccc5c4ccc32)cc1. The maximum atomic E-state index is 5.39. The quantitative estimate of drug-likeness (QED) is 0.154. The number of nitrogens with one attached hydrogen (secondary N) is 1. The third-order valence-corrected chi connectivity index (χ3v) is 26.2. The highest BCUT2D eigenvalue weighted by Gasteiger charge is 2.55. The van der Waals surface area contributed by atoms with Crippen molar-refractivity contribution < 1.29 is 0 Å². The van der Waals surface area contributed by atoms with E-state index in [4.69, 9.17) is 29.9 Å². The lowest BCUT2D eigenvalue weighted by molar-refractivity contribution is -0.00948. The number of rotatable bonds is 9. The highest BCUT2D eigenvalue weighted by atomic mass is 79.9. The summed E-state index contributed by atoms with van der Waals surface area (Å²) < 4.78 is 8.29. The Balaban J connectivity index is 0.000000112. The number of fused-ring (bicyclic) bond motifs is 14. The molecular formula is C98H79BrN10. The molecule has 8 saturated carbocycles. The van der Waals surface area contributed by atoms with E-state index in [1.165, 1.54) is 170 Å². The van der Waals surface area contributed by atoms with Crippen LogP contribution in [0.2, 0.25) is 0 Å². The van der Waals surface area contributed by atoms with Crippen molar-refractivity contribution in [3.63, 3.8) is 0 Å². The van der Waals surface area contributed by atoms with E-state index in [2.05, 4.69) is 320 Å². The van der Waals surface area contributed by atoms with E-state index < -0.39 is 0 Å². The molecule has 12 aromatic carbocycles. The van der Waals surface area contributed by atoms with Gasteiger partial charge in [-0.2, -0.15) is 0 Å². The Morgan fingerprint density at radius 2 is 0.624 bits per heavy atom. The molecule has 8 aliphatic carbocycles. The molecule has 6 heterocycles. The molecule has 528 valence electrons. The highest BCUT2D eigenvalue weighted by molar-refractivity contribution is 9.10. The Morgan fingerprint density at radius 1 is 0.275 bits per heavy atom. The van der Waals surface area contributed by atoms with Gasteiger partial charge in [0, 0.05) is 103 Å². The number of hydrogen-bond acceptors (Lipinski definition) is 6. The van der Waals surface area contributed by atoms with Crippen molar-refractivity contribution >= 4 is 103 Å². The van der Waals surface area contributed by atoms with Gasteiger partial charge in [0.2, 0.25) is 0 Å². The van der Waals surface area contributed by atoms with Crippen molar-refractivity contribution in [2.45, 2.75) is 87.9 Å². The molecule has 26 rings (SSSR count). The van der Waals surface area contributed by atoms with Crippen LogP contribution in [0.15, 0.2) is 296 Å². The van der Waals surface area contributed by atoms with E-state index in [9.17, 15) is 0 Å². The Hall–Kier alpha value is -11.7. The summed E-state index contributed by atoms with van der Waals surface area (Å²) in [6, 6.07) is 103. The first kappa shape index (κ1) is 64.5. The predicted molar refractivity (Wildman–Crippen MR) is 448 cm³/mol. The van der Waals surface area contributed by atoms with Gasteiger partial charge < -0.3 is 18.7 Å². The minimum Gasteiger partial charge on any atom is -0.354 e. The Kier molecular flexibility index (Phi) is 15.3. The van der Waals surface area contributed by atoms with Crippen LogP contribution in [0.3, 0.4) is 0 Å². The lowest BCUT2D eigenvalue weighted by Gasteiger charge is -2.56. The van der Waals surface area contributed by atoms with Crippen LogP contribution < -0.4 is 0 Å². The van der Waals surface area contributed by atoms with Gasteiger partial charge in [-0.15, -0.1) is 0 Å². The predicted octanol–water partition coefficient (Wildman–Crippen LogP) is 24.7. The number of nitrogens with zero attached hydrogens (tertiary/aromatic N) is 9. The second-order valence-corrected chi connectivity index (χ2v) is 33.3. The second kappa shape index (κ2) is 25.8. The minimum atomic E-state index is 0.0726. The third kappa shape index (κ3) is 10.9. The molecule has 8 bridgehead atoms. The summed E-state index contributed by atoms with van der Waals surface area (Å²) in [6.07, 6.45) is 15.9. The number of halogens is 1. The van der Waals surface area contributed by atoms with Crippen LogP contribution >= 0.6 is 15.9 Å². The molecule has 0 saturated heterocycles. The fourth-order valence-electron chi connectivity index (χ4n) is 21.9. The number of para-hydroxylation sites is 6. The molecule has 6 aromatic heterocycles. The molecule has 18 aromatic rings. The molecule has 0 atom stereocenters. The van der Waals surface area contributed by atoms with Gasteiger partial charge in [0.1, 0.15) is 11.6 Å². The topological polar surface area (TPSA) is 108 Å². The number of H-pyrrole nitrogens is 1. The van der Waals surface area contributed by atoms with Gasteiger partial charge in [-0.25, -0.2) is 29.9 Å². The summed E-state index contributed by atoms with van der Waals surface area (Å²) in [6.45, 7) is 0. The van der Waals surface area contributed by atoms with Gasteiger partial charge >= 0.3 is 0 Å². The zero-order valence-electron chi connectivity index (χ0n) is 60.6. The van der Waals surface area contributed by atoms with E-state index in [1.807, 2.05) is 6.07 Å². The summed E-state index contributed by atoms with van der Waals surface area (Å²) in [7, 11) is 0. The summed E-state index contributed by atoms with van der Waals surface area (Å²) in [4.78, 5) is 34.6. The lowest BCUT2D eigenvalue weighted by Crippen LogP contribution is -2.49. The van der Waals surface area contributed by atoms with E-state index in [1.54, 1.807) is 0 Å². The third-order valence-electron chi connectivity index (χ3n) is 25.7. The van der Waals surface area contributed by atoms with Crippen LogP contribution in [0, 0.1) is 35.5 Å². The zero-order valence-corrected chi connectivity index (χ0v) is 62.2. The molecule has 0 aliphatic heterocycles. The van der Waals surface area contributed by atoms with E-state index in [-0.39, 0.29) is 10.8 Å². The molecule has 10 nitrogen and oxygen atoms in total. The number of aromatic amines is 1. The summed E-state index contributed by atoms with van der Waals surface area (Å²) >= 11 is 3.54. The molecule has 0 unspecified atom stereocenters. The van der Waals surface area contributed by atoms with Crippen molar-refractivity contribution in [3.05, 3.63) is 307 Å². The summed E-state index contributed by atoms with van der Waals surface area (Å²) in [5.74, 6) is 10.3. The molecule has 11 heteroatoms. The molecular weight excluding hydrogens is 1400 g/mol. The van der Waals surface area contributed by atoms with Crippen LogP contribution in [-0.4, -0.2) is 48.6 Å². The second-order valence-electron chi connectivity index (χ2n) is 32.4. The Morgan fingerprint density at radius 3 is 1.09 bits per heavy atom. The minimum absolute atomic E-state index is 0.0726. The van der Waals surface area contributed by atoms with E-state index >= 15 is 0 Å². The van der Waals surface area contributed by atoms with Gasteiger partial charge in [-0.05, 0) is 210 Å². The van der Waals surface area contributed by atoms with Crippen LogP contribution in [-0.2, 0) is 10.8 Å². The largest absolute Gasteiger partial charge is 0.354 e. The fraction of sp³-hybridized carbons (Fsp3) is 0.204. The maximum absolute atomic E-state index is 5.39. The number of aromatic nitrogens is 10. The molecule has 109 heavy (non-hydrogen) atoms. The molecule has 0 spiro atoms. The molecule has 0 amide bonds. The van der Waals surface area contributed by atoms with Crippen LogP contribution in [0.1, 0.15) is 88.7 Å². The number of benzene rings is 12.